The van der Waals surface area contributed by atoms with E-state index in [9.17, 15) is 14.4 Å². The number of benzene rings is 2. The molecule has 2 heterocycles. The van der Waals surface area contributed by atoms with Crippen LogP contribution in [0.2, 0.25) is 0 Å². The summed E-state index contributed by atoms with van der Waals surface area (Å²) in [5, 5.41) is 9.78. The highest BCUT2D eigenvalue weighted by Crippen LogP contribution is 2.31. The summed E-state index contributed by atoms with van der Waals surface area (Å²) in [7, 11) is 0. The quantitative estimate of drug-likeness (QED) is 0.300. The van der Waals surface area contributed by atoms with Crippen LogP contribution in [0.3, 0.4) is 0 Å². The number of nitrogens with one attached hydrogen (secondary N) is 1. The zero-order chi connectivity index (χ0) is 26.5. The first-order valence-corrected chi connectivity index (χ1v) is 13.0. The number of rotatable bonds is 9. The SMILES string of the molecule is CCOC(=O)c1nn(-c2ccc(C(C)C)cc2)c(=O)c2c(NC(=O)Cc3ccc(OCC)cc3)scc12. The molecule has 0 atom stereocenters. The summed E-state index contributed by atoms with van der Waals surface area (Å²) in [6, 6.07) is 14.7. The van der Waals surface area contributed by atoms with Crippen molar-refractivity contribution in [2.45, 2.75) is 40.0 Å². The highest BCUT2D eigenvalue weighted by atomic mass is 32.1. The fourth-order valence-corrected chi connectivity index (χ4v) is 4.85. The van der Waals surface area contributed by atoms with E-state index in [1.807, 2.05) is 43.3 Å². The molecule has 8 nitrogen and oxygen atoms in total. The average Bonchev–Trinajstić information content (AvgIpc) is 3.29. The van der Waals surface area contributed by atoms with Gasteiger partial charge in [-0.3, -0.25) is 9.59 Å². The maximum atomic E-state index is 13.6. The van der Waals surface area contributed by atoms with Gasteiger partial charge >= 0.3 is 5.97 Å². The second kappa shape index (κ2) is 11.4. The molecule has 2 aromatic heterocycles. The van der Waals surface area contributed by atoms with Crippen molar-refractivity contribution in [3.05, 3.63) is 81.1 Å². The van der Waals surface area contributed by atoms with Crippen molar-refractivity contribution in [1.29, 1.82) is 0 Å². The Hall–Kier alpha value is -3.98. The number of nitrogens with zero attached hydrogens (tertiary/aromatic N) is 2. The third kappa shape index (κ3) is 5.72. The van der Waals surface area contributed by atoms with E-state index >= 15 is 0 Å². The van der Waals surface area contributed by atoms with Crippen molar-refractivity contribution < 1.29 is 19.1 Å². The Balaban J connectivity index is 1.72. The van der Waals surface area contributed by atoms with Crippen LogP contribution in [0.1, 0.15) is 55.2 Å². The van der Waals surface area contributed by atoms with Gasteiger partial charge in [0.15, 0.2) is 5.69 Å². The summed E-state index contributed by atoms with van der Waals surface area (Å²) >= 11 is 1.17. The molecule has 0 unspecified atom stereocenters. The lowest BCUT2D eigenvalue weighted by molar-refractivity contribution is -0.115. The molecule has 1 amide bonds. The fourth-order valence-electron chi connectivity index (χ4n) is 3.89. The second-order valence-electron chi connectivity index (χ2n) is 8.69. The van der Waals surface area contributed by atoms with Crippen LogP contribution in [0.25, 0.3) is 16.5 Å². The van der Waals surface area contributed by atoms with Crippen molar-refractivity contribution in [2.75, 3.05) is 18.5 Å². The molecule has 0 radical (unpaired) electrons. The molecule has 9 heteroatoms. The molecule has 4 rings (SSSR count). The van der Waals surface area contributed by atoms with E-state index in [0.29, 0.717) is 28.6 Å². The van der Waals surface area contributed by atoms with Gasteiger partial charge in [-0.1, -0.05) is 38.1 Å². The van der Waals surface area contributed by atoms with Gasteiger partial charge in [-0.05, 0) is 55.2 Å². The average molecular weight is 520 g/mol. The molecule has 0 saturated carbocycles. The molecule has 0 aliphatic heterocycles. The number of thiophene rings is 1. The van der Waals surface area contributed by atoms with E-state index in [2.05, 4.69) is 24.3 Å². The van der Waals surface area contributed by atoms with Crippen LogP contribution in [0.4, 0.5) is 5.00 Å². The van der Waals surface area contributed by atoms with Crippen molar-refractivity contribution >= 4 is 39.0 Å². The van der Waals surface area contributed by atoms with Gasteiger partial charge in [0.05, 0.1) is 30.7 Å². The van der Waals surface area contributed by atoms with E-state index in [1.54, 1.807) is 24.4 Å². The summed E-state index contributed by atoms with van der Waals surface area (Å²) in [5.41, 5.74) is 2.02. The molecule has 0 fully saturated rings. The summed E-state index contributed by atoms with van der Waals surface area (Å²) < 4.78 is 11.8. The number of carbonyl (C=O) groups excluding carboxylic acids is 2. The van der Waals surface area contributed by atoms with Crippen LogP contribution in [0.5, 0.6) is 5.75 Å². The zero-order valence-electron chi connectivity index (χ0n) is 21.2. The number of carbonyl (C=O) groups is 2. The number of fused-ring (bicyclic) bond motifs is 1. The molecule has 0 aliphatic carbocycles. The van der Waals surface area contributed by atoms with E-state index < -0.39 is 11.5 Å². The molecule has 0 aliphatic rings. The lowest BCUT2D eigenvalue weighted by Crippen LogP contribution is -2.25. The van der Waals surface area contributed by atoms with Crippen molar-refractivity contribution in [2.24, 2.45) is 0 Å². The standard InChI is InChI=1S/C28H29N3O5S/c1-5-35-21-13-7-18(8-14-21)15-23(32)29-26-24-22(16-37-26)25(28(34)36-6-2)30-31(27(24)33)20-11-9-19(10-12-20)17(3)4/h7-14,16-17H,5-6,15H2,1-4H3,(H,29,32). The summed E-state index contributed by atoms with van der Waals surface area (Å²) in [5.74, 6) is 0.141. The van der Waals surface area contributed by atoms with E-state index in [-0.39, 0.29) is 30.0 Å². The number of anilines is 1. The van der Waals surface area contributed by atoms with Crippen LogP contribution in [0, 0.1) is 0 Å². The van der Waals surface area contributed by atoms with Gasteiger partial charge in [0.25, 0.3) is 5.56 Å². The van der Waals surface area contributed by atoms with Crippen LogP contribution < -0.4 is 15.6 Å². The summed E-state index contributed by atoms with van der Waals surface area (Å²) in [6.07, 6.45) is 0.118. The first kappa shape index (κ1) is 26.1. The van der Waals surface area contributed by atoms with Crippen LogP contribution in [0.15, 0.2) is 58.7 Å². The molecule has 0 spiro atoms. The predicted octanol–water partition coefficient (Wildman–Crippen LogP) is 5.33. The maximum absolute atomic E-state index is 13.6. The fraction of sp³-hybridized carbons (Fsp3) is 0.286. The van der Waals surface area contributed by atoms with Gasteiger partial charge in [-0.2, -0.15) is 9.78 Å². The molecule has 1 N–H and O–H groups in total. The lowest BCUT2D eigenvalue weighted by Gasteiger charge is -2.11. The molecule has 0 saturated heterocycles. The Morgan fingerprint density at radius 2 is 1.73 bits per heavy atom. The largest absolute Gasteiger partial charge is 0.494 e. The van der Waals surface area contributed by atoms with Gasteiger partial charge in [0, 0.05) is 10.8 Å². The lowest BCUT2D eigenvalue weighted by atomic mass is 10.0. The van der Waals surface area contributed by atoms with Gasteiger partial charge in [-0.15, -0.1) is 11.3 Å². The Kier molecular flexibility index (Phi) is 8.03. The summed E-state index contributed by atoms with van der Waals surface area (Å²) in [6.45, 7) is 8.50. The Morgan fingerprint density at radius 1 is 1.03 bits per heavy atom. The second-order valence-corrected chi connectivity index (χ2v) is 9.57. The number of amides is 1. The van der Waals surface area contributed by atoms with E-state index in [0.717, 1.165) is 16.9 Å². The van der Waals surface area contributed by atoms with Gasteiger partial charge in [-0.25, -0.2) is 4.79 Å². The van der Waals surface area contributed by atoms with E-state index in [1.165, 1.54) is 16.0 Å². The number of hydrogen-bond acceptors (Lipinski definition) is 7. The van der Waals surface area contributed by atoms with Gasteiger partial charge < -0.3 is 14.8 Å². The minimum absolute atomic E-state index is 0.0210. The number of aromatic nitrogens is 2. The Labute approximate surface area is 218 Å². The molecule has 2 aromatic carbocycles. The molecule has 4 aromatic rings. The predicted molar refractivity (Wildman–Crippen MR) is 145 cm³/mol. The maximum Gasteiger partial charge on any atom is 0.359 e. The van der Waals surface area contributed by atoms with Crippen LogP contribution >= 0.6 is 11.3 Å². The summed E-state index contributed by atoms with van der Waals surface area (Å²) in [4.78, 5) is 39.2. The molecular formula is C28H29N3O5S. The third-order valence-corrected chi connectivity index (χ3v) is 6.67. The third-order valence-electron chi connectivity index (χ3n) is 5.78. The smallest absolute Gasteiger partial charge is 0.359 e. The van der Waals surface area contributed by atoms with Crippen molar-refractivity contribution in [3.63, 3.8) is 0 Å². The molecular weight excluding hydrogens is 490 g/mol. The first-order chi connectivity index (χ1) is 17.8. The van der Waals surface area contributed by atoms with Gasteiger partial charge in [0.2, 0.25) is 5.91 Å². The highest BCUT2D eigenvalue weighted by molar-refractivity contribution is 7.16. The van der Waals surface area contributed by atoms with Crippen molar-refractivity contribution in [3.8, 4) is 11.4 Å². The van der Waals surface area contributed by atoms with Gasteiger partial charge in [0.1, 0.15) is 10.8 Å². The number of hydrogen-bond donors (Lipinski definition) is 1. The number of esters is 1. The normalized spacial score (nSPS) is 11.1. The Bertz CT molecular complexity index is 1470. The molecule has 37 heavy (non-hydrogen) atoms. The zero-order valence-corrected chi connectivity index (χ0v) is 22.1. The first-order valence-electron chi connectivity index (χ1n) is 12.2. The topological polar surface area (TPSA) is 99.5 Å². The van der Waals surface area contributed by atoms with E-state index in [4.69, 9.17) is 9.47 Å². The molecule has 192 valence electrons. The molecule has 0 bridgehead atoms. The van der Waals surface area contributed by atoms with Crippen LogP contribution in [-0.2, 0) is 16.0 Å². The van der Waals surface area contributed by atoms with Crippen LogP contribution in [-0.4, -0.2) is 34.9 Å². The van der Waals surface area contributed by atoms with Crippen molar-refractivity contribution in [1.82, 2.24) is 9.78 Å². The minimum atomic E-state index is -0.634. The minimum Gasteiger partial charge on any atom is -0.494 e. The Morgan fingerprint density at radius 3 is 2.35 bits per heavy atom. The number of ether oxygens (including phenoxy) is 2. The highest BCUT2D eigenvalue weighted by Gasteiger charge is 2.23. The monoisotopic (exact) mass is 519 g/mol.